The molecule has 6 aliphatic rings. The number of hydrogen-bond acceptors (Lipinski definition) is 11. The van der Waals surface area contributed by atoms with Crippen LogP contribution in [0.5, 0.6) is 0 Å². The van der Waals surface area contributed by atoms with Crippen LogP contribution in [0.25, 0.3) is 33.4 Å². The van der Waals surface area contributed by atoms with Crippen LogP contribution >= 0.6 is 11.3 Å². The summed E-state index contributed by atoms with van der Waals surface area (Å²) in [6, 6.07) is 9.23. The molecular weight excluding hydrogens is 1070 g/mol. The molecular formula is C67H97F3N11NaS. The zero-order valence-electron chi connectivity index (χ0n) is 51.8. The Morgan fingerprint density at radius 2 is 1.70 bits per heavy atom. The Hall–Kier alpha value is -4.14. The van der Waals surface area contributed by atoms with E-state index in [1.807, 2.05) is 45.5 Å². The molecule has 3 aliphatic heterocycles. The zero-order chi connectivity index (χ0) is 58.3. The molecule has 4 atom stereocenters. The molecule has 3 aromatic heterocycles. The van der Waals surface area contributed by atoms with Crippen molar-refractivity contribution < 1.29 is 42.7 Å². The van der Waals surface area contributed by atoms with E-state index in [-0.39, 0.29) is 47.1 Å². The summed E-state index contributed by atoms with van der Waals surface area (Å²) in [5.41, 5.74) is 11.4. The third-order valence-corrected chi connectivity index (χ3v) is 19.5. The van der Waals surface area contributed by atoms with Gasteiger partial charge in [-0.15, -0.1) is 42.2 Å². The molecule has 1 aromatic carbocycles. The van der Waals surface area contributed by atoms with Crippen molar-refractivity contribution in [2.45, 2.75) is 182 Å². The van der Waals surface area contributed by atoms with Crippen LogP contribution in [0.3, 0.4) is 0 Å². The third kappa shape index (κ3) is 16.3. The second kappa shape index (κ2) is 29.0. The van der Waals surface area contributed by atoms with E-state index in [1.54, 1.807) is 11.3 Å². The molecule has 4 aromatic rings. The van der Waals surface area contributed by atoms with E-state index in [9.17, 15) is 0 Å². The van der Waals surface area contributed by atoms with Crippen molar-refractivity contribution in [1.29, 1.82) is 0 Å². The predicted octanol–water partition coefficient (Wildman–Crippen LogP) is 10.4. The molecule has 3 N–H and O–H groups in total. The average molecular weight is 1170 g/mol. The van der Waals surface area contributed by atoms with Crippen molar-refractivity contribution in [2.24, 2.45) is 23.2 Å². The number of hydrogen-bond donors (Lipinski definition) is 3. The van der Waals surface area contributed by atoms with Gasteiger partial charge in [-0.3, -0.25) is 14.8 Å². The second-order valence-corrected chi connectivity index (χ2v) is 26.1. The minimum Gasteiger partial charge on any atom is -0.379 e. The molecule has 0 bridgehead atoms. The molecule has 0 amide bonds. The largest absolute Gasteiger partial charge is 1.00 e. The number of hydrazine groups is 1. The van der Waals surface area contributed by atoms with E-state index in [2.05, 4.69) is 98.4 Å². The molecule has 448 valence electrons. The first-order valence-corrected chi connectivity index (χ1v) is 32.4. The van der Waals surface area contributed by atoms with Crippen molar-refractivity contribution in [3.8, 4) is 34.9 Å². The maximum absolute atomic E-state index is 15.1. The number of rotatable bonds is 26. The molecule has 3 aliphatic carbocycles. The smallest absolute Gasteiger partial charge is 0.379 e. The first-order chi connectivity index (χ1) is 39.5. The first kappa shape index (κ1) is 64.8. The standard InChI is InChI=1S/C65H91F3N11S.C2H6.Na/c1-10-13-27-64(8,9)38-56-54-35-51(22-25-60(54)78(43-65(66,67)68)63(56)55-36-53(39-69-57(55)11-2)76-33-31-75(32-34-76)52-23-24-52)59-42-80-61(73-59)37-58(46(6)79-29-17-16-28-70-79)72-45(5)62(50-18-14-15-19-50)77-30-26-48(41-77)40-74(12-3)47(7)71-44(4)49-20-21-49;1-2;/h1,11,22,25,35-36,39,42,44,48-50,52,58,62,70-72H,5-7,12-21,23-24,26-34,37-38,40-41,43H2,2-4,8-9H3;1-2H3;/q-1;;+1. The number of fused-ring (bicyclic) bond motifs is 1. The van der Waals surface area contributed by atoms with Crippen LogP contribution in [-0.2, 0) is 19.4 Å². The van der Waals surface area contributed by atoms with Gasteiger partial charge in [0.2, 0.25) is 0 Å². The molecule has 4 unspecified atom stereocenters. The van der Waals surface area contributed by atoms with Crippen molar-refractivity contribution in [1.82, 2.24) is 50.3 Å². The fraction of sp³-hybridized carbons (Fsp3) is 0.627. The monoisotopic (exact) mass is 1170 g/mol. The van der Waals surface area contributed by atoms with Crippen LogP contribution in [0.2, 0.25) is 0 Å². The van der Waals surface area contributed by atoms with Crippen LogP contribution in [0, 0.1) is 41.9 Å². The molecule has 10 rings (SSSR count). The zero-order valence-corrected chi connectivity index (χ0v) is 54.6. The number of pyridine rings is 1. The van der Waals surface area contributed by atoms with Crippen molar-refractivity contribution >= 4 is 27.9 Å². The second-order valence-electron chi connectivity index (χ2n) is 25.2. The van der Waals surface area contributed by atoms with Crippen LogP contribution in [0.4, 0.5) is 18.9 Å². The SMILES string of the molecule is C#CCCC(C)(C)Cc1c(-c2cc(N3CCN(C4CC4)CC3)cnc2[CH-]C)n(CC(F)(F)F)c2ccc(-c3csc(CC(NC(=C)C(C4CCCC4)N4CCC(CN(CC)C(=C)NC(C)C5CC5)C4)C(=C)N4CCCCN4)n3)cc12.CC.[Na+]. The maximum atomic E-state index is 15.1. The van der Waals surface area contributed by atoms with E-state index in [0.717, 1.165) is 153 Å². The topological polar surface area (TPSA) is 83.0 Å². The summed E-state index contributed by atoms with van der Waals surface area (Å²) >= 11 is 1.63. The number of likely N-dealkylation sites (tertiary alicyclic amines) is 1. The Morgan fingerprint density at radius 3 is 2.35 bits per heavy atom. The number of nitrogens with one attached hydrogen (secondary N) is 3. The summed E-state index contributed by atoms with van der Waals surface area (Å²) in [5.74, 6) is 5.73. The molecule has 0 spiro atoms. The van der Waals surface area contributed by atoms with Gasteiger partial charge in [-0.25, -0.2) is 16.8 Å². The summed E-state index contributed by atoms with van der Waals surface area (Å²) in [7, 11) is 0. The van der Waals surface area contributed by atoms with Crippen molar-refractivity contribution in [3.05, 3.63) is 95.5 Å². The molecule has 16 heteroatoms. The quantitative estimate of drug-likeness (QED) is 0.0321. The Kier molecular flexibility index (Phi) is 22.7. The Balaban J connectivity index is 0.00000297. The number of alkyl halides is 3. The van der Waals surface area contributed by atoms with Crippen molar-refractivity contribution in [2.75, 3.05) is 70.3 Å². The normalized spacial score (nSPS) is 20.2. The summed E-state index contributed by atoms with van der Waals surface area (Å²) < 4.78 is 46.7. The van der Waals surface area contributed by atoms with Crippen LogP contribution in [-0.4, -0.2) is 130 Å². The number of anilines is 1. The van der Waals surface area contributed by atoms with Gasteiger partial charge >= 0.3 is 35.7 Å². The minimum absolute atomic E-state index is 0. The van der Waals surface area contributed by atoms with Crippen molar-refractivity contribution in [3.63, 3.8) is 0 Å². The summed E-state index contributed by atoms with van der Waals surface area (Å²) in [6.07, 6.45) is 21.1. The van der Waals surface area contributed by atoms with E-state index in [4.69, 9.17) is 29.5 Å². The summed E-state index contributed by atoms with van der Waals surface area (Å²) in [6.45, 7) is 37.3. The number of piperazine rings is 1. The van der Waals surface area contributed by atoms with Gasteiger partial charge in [0.25, 0.3) is 0 Å². The number of nitrogens with zero attached hydrogens (tertiary/aromatic N) is 8. The van der Waals surface area contributed by atoms with Gasteiger partial charge in [-0.05, 0) is 138 Å². The molecule has 11 nitrogen and oxygen atoms in total. The van der Waals surface area contributed by atoms with Crippen LogP contribution < -0.4 is 50.5 Å². The fourth-order valence-corrected chi connectivity index (χ4v) is 14.6. The summed E-state index contributed by atoms with van der Waals surface area (Å²) in [4.78, 5) is 20.4. The Bertz CT molecular complexity index is 2840. The van der Waals surface area contributed by atoms with E-state index in [1.165, 1.54) is 55.9 Å². The van der Waals surface area contributed by atoms with Gasteiger partial charge in [0.15, 0.2) is 0 Å². The Labute approximate surface area is 523 Å². The van der Waals surface area contributed by atoms with Gasteiger partial charge in [-0.2, -0.15) is 13.2 Å². The molecule has 6 heterocycles. The molecule has 3 saturated carbocycles. The third-order valence-electron chi connectivity index (χ3n) is 18.6. The number of halogens is 3. The molecule has 0 radical (unpaired) electrons. The fourth-order valence-electron chi connectivity index (χ4n) is 13.8. The van der Waals surface area contributed by atoms with Gasteiger partial charge in [-0.1, -0.05) is 72.0 Å². The van der Waals surface area contributed by atoms with Gasteiger partial charge < -0.3 is 30.0 Å². The van der Waals surface area contributed by atoms with E-state index < -0.39 is 12.7 Å². The number of benzene rings is 1. The number of thiazole rings is 1. The van der Waals surface area contributed by atoms with E-state index in [0.29, 0.717) is 60.1 Å². The first-order valence-electron chi connectivity index (χ1n) is 31.5. The van der Waals surface area contributed by atoms with Gasteiger partial charge in [0, 0.05) is 129 Å². The average Bonchev–Trinajstić information content (AvgIpc) is 2.69. The Morgan fingerprint density at radius 1 is 0.952 bits per heavy atom. The van der Waals surface area contributed by atoms with Crippen LogP contribution in [0.1, 0.15) is 148 Å². The van der Waals surface area contributed by atoms with E-state index >= 15 is 13.2 Å². The molecule has 83 heavy (non-hydrogen) atoms. The number of terminal acetylenes is 1. The predicted molar refractivity (Wildman–Crippen MR) is 335 cm³/mol. The molecule has 3 saturated heterocycles. The van der Waals surface area contributed by atoms with Gasteiger partial charge in [0.1, 0.15) is 6.54 Å². The van der Waals surface area contributed by atoms with Gasteiger partial charge in [0.05, 0.1) is 28.6 Å². The maximum Gasteiger partial charge on any atom is 1.00 e. The molecule has 6 fully saturated rings. The minimum atomic E-state index is -4.48. The van der Waals surface area contributed by atoms with Crippen LogP contribution in [0.15, 0.2) is 72.8 Å². The number of aromatic nitrogens is 3. The summed E-state index contributed by atoms with van der Waals surface area (Å²) in [5, 5.41) is 13.9.